The van der Waals surface area contributed by atoms with Crippen molar-refractivity contribution in [1.82, 2.24) is 10.2 Å². The number of hydrogen-bond donors (Lipinski definition) is 2. The lowest BCUT2D eigenvalue weighted by Gasteiger charge is -2.15. The molecule has 0 heterocycles. The van der Waals surface area contributed by atoms with Crippen molar-refractivity contribution in [3.05, 3.63) is 29.8 Å². The van der Waals surface area contributed by atoms with Crippen molar-refractivity contribution in [2.24, 2.45) is 5.92 Å². The van der Waals surface area contributed by atoms with Gasteiger partial charge in [0, 0.05) is 33.5 Å². The van der Waals surface area contributed by atoms with Crippen LogP contribution < -0.4 is 10.1 Å². The Morgan fingerprint density at radius 1 is 1.20 bits per heavy atom. The lowest BCUT2D eigenvalue weighted by molar-refractivity contribution is -0.141. The minimum atomic E-state index is -0.978. The number of methoxy groups -OCH3 is 1. The standard InChI is InChI=1S/C18H26N2O5/c1-20(2)17(22)10-6-9-16(21)19-12-14(18(23)24)11-13-7-4-5-8-15(13)25-3/h4-5,7-8,14H,6,9-12H2,1-3H3,(H,19,21)(H,23,24). The van der Waals surface area contributed by atoms with E-state index in [0.717, 1.165) is 5.56 Å². The second-order valence-electron chi connectivity index (χ2n) is 6.00. The third kappa shape index (κ3) is 7.24. The molecule has 0 aliphatic carbocycles. The first-order valence-corrected chi connectivity index (χ1v) is 8.16. The van der Waals surface area contributed by atoms with Crippen LogP contribution in [-0.4, -0.2) is 55.5 Å². The van der Waals surface area contributed by atoms with E-state index in [1.54, 1.807) is 20.2 Å². The zero-order chi connectivity index (χ0) is 18.8. The molecule has 138 valence electrons. The Morgan fingerprint density at radius 3 is 2.48 bits per heavy atom. The van der Waals surface area contributed by atoms with Gasteiger partial charge in [0.05, 0.1) is 13.0 Å². The number of nitrogens with one attached hydrogen (secondary N) is 1. The van der Waals surface area contributed by atoms with Crippen molar-refractivity contribution in [1.29, 1.82) is 0 Å². The summed E-state index contributed by atoms with van der Waals surface area (Å²) in [7, 11) is 4.86. The monoisotopic (exact) mass is 350 g/mol. The SMILES string of the molecule is COc1ccccc1CC(CNC(=O)CCCC(=O)N(C)C)C(=O)O. The highest BCUT2D eigenvalue weighted by Crippen LogP contribution is 2.21. The number of rotatable bonds is 10. The Labute approximate surface area is 148 Å². The highest BCUT2D eigenvalue weighted by molar-refractivity contribution is 5.79. The predicted octanol–water partition coefficient (Wildman–Crippen LogP) is 1.31. The fourth-order valence-corrected chi connectivity index (χ4v) is 2.33. The maximum Gasteiger partial charge on any atom is 0.308 e. The van der Waals surface area contributed by atoms with E-state index in [4.69, 9.17) is 4.74 Å². The van der Waals surface area contributed by atoms with Crippen molar-refractivity contribution >= 4 is 17.8 Å². The van der Waals surface area contributed by atoms with E-state index < -0.39 is 11.9 Å². The largest absolute Gasteiger partial charge is 0.496 e. The third-order valence-electron chi connectivity index (χ3n) is 3.85. The predicted molar refractivity (Wildman–Crippen MR) is 93.4 cm³/mol. The van der Waals surface area contributed by atoms with Crippen molar-refractivity contribution in [3.63, 3.8) is 0 Å². The molecule has 1 aromatic rings. The molecule has 0 radical (unpaired) electrons. The summed E-state index contributed by atoms with van der Waals surface area (Å²) < 4.78 is 5.23. The molecule has 1 atom stereocenters. The van der Waals surface area contributed by atoms with Crippen molar-refractivity contribution < 1.29 is 24.2 Å². The third-order valence-corrected chi connectivity index (χ3v) is 3.85. The van der Waals surface area contributed by atoms with Crippen LogP contribution >= 0.6 is 0 Å². The van der Waals surface area contributed by atoms with E-state index >= 15 is 0 Å². The smallest absolute Gasteiger partial charge is 0.308 e. The molecule has 1 rings (SSSR count). The molecule has 2 N–H and O–H groups in total. The van der Waals surface area contributed by atoms with Gasteiger partial charge in [-0.05, 0) is 24.5 Å². The summed E-state index contributed by atoms with van der Waals surface area (Å²) in [5.74, 6) is -1.38. The van der Waals surface area contributed by atoms with Crippen LogP contribution in [0.25, 0.3) is 0 Å². The summed E-state index contributed by atoms with van der Waals surface area (Å²) in [6.07, 6.45) is 1.19. The van der Waals surface area contributed by atoms with Gasteiger partial charge in [0.15, 0.2) is 0 Å². The van der Waals surface area contributed by atoms with E-state index in [0.29, 0.717) is 18.6 Å². The van der Waals surface area contributed by atoms with E-state index in [1.165, 1.54) is 12.0 Å². The molecule has 0 aromatic heterocycles. The van der Waals surface area contributed by atoms with Crippen LogP contribution in [0.5, 0.6) is 5.75 Å². The molecule has 0 saturated heterocycles. The minimum absolute atomic E-state index is 0.0348. The first-order valence-electron chi connectivity index (χ1n) is 8.16. The van der Waals surface area contributed by atoms with Crippen molar-refractivity contribution in [2.45, 2.75) is 25.7 Å². The molecule has 25 heavy (non-hydrogen) atoms. The van der Waals surface area contributed by atoms with Crippen LogP contribution in [0, 0.1) is 5.92 Å². The summed E-state index contributed by atoms with van der Waals surface area (Å²) in [6.45, 7) is 0.0356. The van der Waals surface area contributed by atoms with Crippen molar-refractivity contribution in [3.8, 4) is 5.75 Å². The van der Waals surface area contributed by atoms with Crippen LogP contribution in [0.2, 0.25) is 0 Å². The van der Waals surface area contributed by atoms with Crippen LogP contribution in [0.3, 0.4) is 0 Å². The number of carboxylic acid groups (broad SMARTS) is 1. The van der Waals surface area contributed by atoms with E-state index in [2.05, 4.69) is 5.32 Å². The fraction of sp³-hybridized carbons (Fsp3) is 0.500. The number of carbonyl (C=O) groups is 3. The number of para-hydroxylation sites is 1. The maximum atomic E-state index is 11.8. The average Bonchev–Trinajstić information content (AvgIpc) is 2.58. The summed E-state index contributed by atoms with van der Waals surface area (Å²) in [4.78, 5) is 36.2. The molecule has 0 aliphatic rings. The van der Waals surface area contributed by atoms with Crippen LogP contribution in [0.4, 0.5) is 0 Å². The zero-order valence-electron chi connectivity index (χ0n) is 14.9. The molecule has 7 heteroatoms. The molecule has 0 spiro atoms. The first kappa shape index (κ1) is 20.5. The molecular formula is C18H26N2O5. The second kappa shape index (κ2) is 10.3. The number of nitrogens with zero attached hydrogens (tertiary/aromatic N) is 1. The minimum Gasteiger partial charge on any atom is -0.496 e. The molecule has 2 amide bonds. The molecule has 0 saturated carbocycles. The van der Waals surface area contributed by atoms with Gasteiger partial charge in [0.2, 0.25) is 11.8 Å². The number of carbonyl (C=O) groups excluding carboxylic acids is 2. The number of hydrogen-bond acceptors (Lipinski definition) is 4. The number of ether oxygens (including phenoxy) is 1. The Kier molecular flexibility index (Phi) is 8.46. The Balaban J connectivity index is 2.49. The fourth-order valence-electron chi connectivity index (χ4n) is 2.33. The van der Waals surface area contributed by atoms with E-state index in [-0.39, 0.29) is 31.2 Å². The number of aliphatic carboxylic acids is 1. The average molecular weight is 350 g/mol. The van der Waals surface area contributed by atoms with Gasteiger partial charge >= 0.3 is 5.97 Å². The highest BCUT2D eigenvalue weighted by Gasteiger charge is 2.20. The van der Waals surface area contributed by atoms with Gasteiger partial charge in [-0.1, -0.05) is 18.2 Å². The molecule has 0 fully saturated rings. The zero-order valence-corrected chi connectivity index (χ0v) is 14.9. The molecular weight excluding hydrogens is 324 g/mol. The lowest BCUT2D eigenvalue weighted by Crippen LogP contribution is -2.34. The summed E-state index contributed by atoms with van der Waals surface area (Å²) in [6, 6.07) is 7.21. The van der Waals surface area contributed by atoms with Crippen LogP contribution in [-0.2, 0) is 20.8 Å². The normalized spacial score (nSPS) is 11.5. The molecule has 1 unspecified atom stereocenters. The van der Waals surface area contributed by atoms with Gasteiger partial charge < -0.3 is 20.1 Å². The van der Waals surface area contributed by atoms with Gasteiger partial charge in [0.1, 0.15) is 5.75 Å². The van der Waals surface area contributed by atoms with Gasteiger partial charge in [-0.3, -0.25) is 14.4 Å². The summed E-state index contributed by atoms with van der Waals surface area (Å²) >= 11 is 0. The number of amides is 2. The van der Waals surface area contributed by atoms with Crippen LogP contribution in [0.1, 0.15) is 24.8 Å². The quantitative estimate of drug-likeness (QED) is 0.663. The van der Waals surface area contributed by atoms with Gasteiger partial charge in [-0.25, -0.2) is 0 Å². The van der Waals surface area contributed by atoms with E-state index in [1.807, 2.05) is 18.2 Å². The molecule has 1 aromatic carbocycles. The molecule has 0 bridgehead atoms. The first-order chi connectivity index (χ1) is 11.8. The Bertz CT molecular complexity index is 601. The topological polar surface area (TPSA) is 95.9 Å². The summed E-state index contributed by atoms with van der Waals surface area (Å²) in [5.41, 5.74) is 0.781. The lowest BCUT2D eigenvalue weighted by atomic mass is 9.98. The second-order valence-corrected chi connectivity index (χ2v) is 6.00. The highest BCUT2D eigenvalue weighted by atomic mass is 16.5. The maximum absolute atomic E-state index is 11.8. The van der Waals surface area contributed by atoms with Crippen LogP contribution in [0.15, 0.2) is 24.3 Å². The van der Waals surface area contributed by atoms with Gasteiger partial charge in [0.25, 0.3) is 0 Å². The molecule has 7 nitrogen and oxygen atoms in total. The number of benzene rings is 1. The Hall–Kier alpha value is -2.57. The van der Waals surface area contributed by atoms with Crippen molar-refractivity contribution in [2.75, 3.05) is 27.7 Å². The number of carboxylic acids is 1. The Morgan fingerprint density at radius 2 is 1.88 bits per heavy atom. The summed E-state index contributed by atoms with van der Waals surface area (Å²) in [5, 5.41) is 12.0. The van der Waals surface area contributed by atoms with E-state index in [9.17, 15) is 19.5 Å². The van der Waals surface area contributed by atoms with Gasteiger partial charge in [-0.15, -0.1) is 0 Å². The van der Waals surface area contributed by atoms with Gasteiger partial charge in [-0.2, -0.15) is 0 Å². The molecule has 0 aliphatic heterocycles.